The highest BCUT2D eigenvalue weighted by molar-refractivity contribution is 5.54. The Kier molecular flexibility index (Phi) is 6.86. The van der Waals surface area contributed by atoms with Gasteiger partial charge in [-0.05, 0) is 135 Å². The third-order valence-electron chi connectivity index (χ3n) is 9.54. The van der Waals surface area contributed by atoms with E-state index in [9.17, 15) is 20.4 Å². The molecule has 0 spiro atoms. The predicted molar refractivity (Wildman–Crippen MR) is 161 cm³/mol. The van der Waals surface area contributed by atoms with Gasteiger partial charge in [0.1, 0.15) is 23.0 Å². The zero-order valence-corrected chi connectivity index (χ0v) is 24.4. The molecule has 5 rings (SSSR count). The lowest BCUT2D eigenvalue weighted by molar-refractivity contribution is 0.256. The second-order valence-corrected chi connectivity index (χ2v) is 12.1. The third kappa shape index (κ3) is 4.40. The molecule has 0 amide bonds. The predicted octanol–water partition coefficient (Wildman–Crippen LogP) is 8.21. The minimum absolute atomic E-state index is 0.289. The van der Waals surface area contributed by atoms with Gasteiger partial charge in [-0.2, -0.15) is 0 Å². The third-order valence-corrected chi connectivity index (χ3v) is 9.54. The van der Waals surface area contributed by atoms with Gasteiger partial charge < -0.3 is 20.4 Å². The van der Waals surface area contributed by atoms with E-state index in [2.05, 4.69) is 36.4 Å². The molecule has 4 aromatic carbocycles. The first-order valence-electron chi connectivity index (χ1n) is 14.1. The lowest BCUT2D eigenvalue weighted by Crippen LogP contribution is -2.41. The molecule has 0 saturated heterocycles. The van der Waals surface area contributed by atoms with Crippen LogP contribution in [0.5, 0.6) is 23.0 Å². The van der Waals surface area contributed by atoms with Crippen molar-refractivity contribution in [3.8, 4) is 23.0 Å². The van der Waals surface area contributed by atoms with Gasteiger partial charge >= 0.3 is 0 Å². The number of benzene rings is 4. The Labute approximate surface area is 237 Å². The van der Waals surface area contributed by atoms with E-state index >= 15 is 0 Å². The van der Waals surface area contributed by atoms with Gasteiger partial charge in [0, 0.05) is 10.8 Å². The lowest BCUT2D eigenvalue weighted by Gasteiger charge is -2.48. The van der Waals surface area contributed by atoms with Gasteiger partial charge in [0.25, 0.3) is 0 Å². The van der Waals surface area contributed by atoms with Crippen LogP contribution in [0.3, 0.4) is 0 Å². The van der Waals surface area contributed by atoms with E-state index in [1.165, 1.54) is 22.3 Å². The standard InChI is InChI=1S/C36H40O4/c1-21-15-27(7-9-31(21)37)35(29-17-23(3)33(39)24(4)18-29)11-13-36(14-12-35,28-8-10-32(38)22(2)16-28)30-19-25(5)34(40)26(6)20-30/h7-10,15-20,37-40H,11-14H2,1-6H3. The second kappa shape index (κ2) is 9.92. The van der Waals surface area contributed by atoms with Crippen molar-refractivity contribution in [3.05, 3.63) is 116 Å². The van der Waals surface area contributed by atoms with E-state index in [4.69, 9.17) is 0 Å². The van der Waals surface area contributed by atoms with Gasteiger partial charge in [-0.15, -0.1) is 0 Å². The molecule has 0 aromatic heterocycles. The molecule has 0 aliphatic heterocycles. The number of aryl methyl sites for hydroxylation is 6. The van der Waals surface area contributed by atoms with Gasteiger partial charge in [-0.25, -0.2) is 0 Å². The van der Waals surface area contributed by atoms with Gasteiger partial charge in [-0.3, -0.25) is 0 Å². The maximum Gasteiger partial charge on any atom is 0.121 e. The molecule has 1 saturated carbocycles. The molecule has 0 bridgehead atoms. The van der Waals surface area contributed by atoms with Crippen molar-refractivity contribution in [3.63, 3.8) is 0 Å². The summed E-state index contributed by atoms with van der Waals surface area (Å²) in [5.74, 6) is 1.24. The van der Waals surface area contributed by atoms with E-state index < -0.39 is 0 Å². The molecule has 4 aromatic rings. The van der Waals surface area contributed by atoms with Gasteiger partial charge in [0.15, 0.2) is 0 Å². The van der Waals surface area contributed by atoms with Crippen LogP contribution in [0.2, 0.25) is 0 Å². The highest BCUT2D eigenvalue weighted by Crippen LogP contribution is 2.55. The zero-order chi connectivity index (χ0) is 29.0. The summed E-state index contributed by atoms with van der Waals surface area (Å²) in [6.07, 6.45) is 3.39. The summed E-state index contributed by atoms with van der Waals surface area (Å²) < 4.78 is 0. The topological polar surface area (TPSA) is 80.9 Å². The first-order chi connectivity index (χ1) is 18.9. The van der Waals surface area contributed by atoms with Crippen LogP contribution >= 0.6 is 0 Å². The Morgan fingerprint density at radius 2 is 0.675 bits per heavy atom. The number of phenolic OH excluding ortho intramolecular Hbond substituents is 4. The normalized spacial score (nSPS) is 20.9. The molecule has 1 fully saturated rings. The van der Waals surface area contributed by atoms with Crippen LogP contribution in [0, 0.1) is 41.5 Å². The van der Waals surface area contributed by atoms with E-state index in [-0.39, 0.29) is 22.3 Å². The fourth-order valence-electron chi connectivity index (χ4n) is 6.96. The molecule has 208 valence electrons. The Morgan fingerprint density at radius 3 is 0.950 bits per heavy atom. The molecule has 0 heterocycles. The fourth-order valence-corrected chi connectivity index (χ4v) is 6.96. The smallest absolute Gasteiger partial charge is 0.121 e. The van der Waals surface area contributed by atoms with Crippen LogP contribution in [-0.2, 0) is 10.8 Å². The average molecular weight is 537 g/mol. The Morgan fingerprint density at radius 1 is 0.400 bits per heavy atom. The van der Waals surface area contributed by atoms with Crippen molar-refractivity contribution >= 4 is 0 Å². The van der Waals surface area contributed by atoms with Crippen LogP contribution in [0.15, 0.2) is 60.7 Å². The number of rotatable bonds is 4. The summed E-state index contributed by atoms with van der Waals surface area (Å²) in [6, 6.07) is 20.4. The van der Waals surface area contributed by atoms with Gasteiger partial charge in [0.05, 0.1) is 0 Å². The molecule has 0 unspecified atom stereocenters. The number of hydrogen-bond donors (Lipinski definition) is 4. The first-order valence-corrected chi connectivity index (χ1v) is 14.1. The number of phenols is 4. The molecule has 0 radical (unpaired) electrons. The summed E-state index contributed by atoms with van der Waals surface area (Å²) in [5.41, 5.74) is 9.22. The fraction of sp³-hybridized carbons (Fsp3) is 0.333. The summed E-state index contributed by atoms with van der Waals surface area (Å²) in [7, 11) is 0. The van der Waals surface area contributed by atoms with Gasteiger partial charge in [0.2, 0.25) is 0 Å². The highest BCUT2D eigenvalue weighted by Gasteiger charge is 2.47. The van der Waals surface area contributed by atoms with Crippen LogP contribution in [0.4, 0.5) is 0 Å². The van der Waals surface area contributed by atoms with Crippen molar-refractivity contribution in [2.24, 2.45) is 0 Å². The van der Waals surface area contributed by atoms with Crippen LogP contribution in [-0.4, -0.2) is 20.4 Å². The Balaban J connectivity index is 1.71. The van der Waals surface area contributed by atoms with Gasteiger partial charge in [-0.1, -0.05) is 48.5 Å². The number of aromatic hydroxyl groups is 4. The Hall–Kier alpha value is -3.92. The summed E-state index contributed by atoms with van der Waals surface area (Å²) in [6.45, 7) is 11.7. The van der Waals surface area contributed by atoms with Crippen LogP contribution in [0.25, 0.3) is 0 Å². The molecule has 4 nitrogen and oxygen atoms in total. The van der Waals surface area contributed by atoms with Crippen molar-refractivity contribution in [1.29, 1.82) is 0 Å². The second-order valence-electron chi connectivity index (χ2n) is 12.1. The molecule has 4 N–H and O–H groups in total. The minimum Gasteiger partial charge on any atom is -0.508 e. The van der Waals surface area contributed by atoms with Crippen LogP contribution < -0.4 is 0 Å². The van der Waals surface area contributed by atoms with Crippen LogP contribution in [0.1, 0.15) is 81.3 Å². The summed E-state index contributed by atoms with van der Waals surface area (Å²) in [5, 5.41) is 41.9. The summed E-state index contributed by atoms with van der Waals surface area (Å²) in [4.78, 5) is 0. The van der Waals surface area contributed by atoms with E-state index in [1.54, 1.807) is 12.1 Å². The van der Waals surface area contributed by atoms with Crippen molar-refractivity contribution in [2.45, 2.75) is 78.1 Å². The van der Waals surface area contributed by atoms with E-state index in [0.29, 0.717) is 11.5 Å². The quantitative estimate of drug-likeness (QED) is 0.212. The molecule has 1 aliphatic carbocycles. The lowest BCUT2D eigenvalue weighted by atomic mass is 9.55. The number of hydrogen-bond acceptors (Lipinski definition) is 4. The molecule has 0 atom stereocenters. The molecule has 1 aliphatic rings. The zero-order valence-electron chi connectivity index (χ0n) is 24.4. The Bertz CT molecular complexity index is 1440. The molecular weight excluding hydrogens is 496 g/mol. The van der Waals surface area contributed by atoms with E-state index in [0.717, 1.165) is 59.1 Å². The first kappa shape index (κ1) is 27.6. The average Bonchev–Trinajstić information content (AvgIpc) is 2.93. The van der Waals surface area contributed by atoms with Crippen molar-refractivity contribution in [1.82, 2.24) is 0 Å². The molecule has 40 heavy (non-hydrogen) atoms. The maximum atomic E-state index is 10.6. The van der Waals surface area contributed by atoms with Crippen molar-refractivity contribution in [2.75, 3.05) is 0 Å². The van der Waals surface area contributed by atoms with Crippen molar-refractivity contribution < 1.29 is 20.4 Å². The SMILES string of the molecule is Cc1cc(C2(c3cc(C)c(O)c(C)c3)CCC(c3ccc(O)c(C)c3)(c3cc(C)c(O)c(C)c3)CC2)ccc1O. The van der Waals surface area contributed by atoms with E-state index in [1.807, 2.05) is 53.7 Å². The largest absolute Gasteiger partial charge is 0.508 e. The highest BCUT2D eigenvalue weighted by atomic mass is 16.3. The molecular formula is C36H40O4. The summed E-state index contributed by atoms with van der Waals surface area (Å²) >= 11 is 0. The maximum absolute atomic E-state index is 10.6. The minimum atomic E-state index is -0.307. The monoisotopic (exact) mass is 536 g/mol. The molecule has 4 heteroatoms.